The largest absolute Gasteiger partial charge is 0.369 e. The Morgan fingerprint density at radius 3 is 2.09 bits per heavy atom. The number of nitrogens with one attached hydrogen (secondary N) is 1. The predicted molar refractivity (Wildman–Crippen MR) is 161 cm³/mol. The molecule has 2 aromatic heterocycles. The molecule has 2 heterocycles. The number of aromatic nitrogens is 4. The Morgan fingerprint density at radius 1 is 0.953 bits per heavy atom. The molecule has 0 radical (unpaired) electrons. The minimum absolute atomic E-state index is 0.0369. The highest BCUT2D eigenvalue weighted by atomic mass is 19.1. The SMILES string of the molecule is CCOCO[C@H]1C(COC(c2ccccc2)(c2ccccc2)c2ccccc2)=C[C@@H](n2cnc3c(=O)[nH]c(N)nc32)C1F. The zero-order valence-electron chi connectivity index (χ0n) is 23.6. The molecule has 1 aliphatic rings. The van der Waals surface area contributed by atoms with E-state index in [1.165, 1.54) is 10.9 Å². The lowest BCUT2D eigenvalue weighted by Crippen LogP contribution is -2.36. The number of allylic oxidation sites excluding steroid dienone is 1. The molecule has 43 heavy (non-hydrogen) atoms. The quantitative estimate of drug-likeness (QED) is 0.0985. The van der Waals surface area contributed by atoms with Crippen LogP contribution in [0.1, 0.15) is 29.7 Å². The van der Waals surface area contributed by atoms with Crippen molar-refractivity contribution in [2.45, 2.75) is 30.8 Å². The van der Waals surface area contributed by atoms with Crippen LogP contribution in [0.5, 0.6) is 0 Å². The van der Waals surface area contributed by atoms with E-state index in [0.717, 1.165) is 16.7 Å². The second-order valence-corrected chi connectivity index (χ2v) is 10.2. The molecule has 220 valence electrons. The maximum Gasteiger partial charge on any atom is 0.280 e. The van der Waals surface area contributed by atoms with E-state index >= 15 is 4.39 Å². The van der Waals surface area contributed by atoms with E-state index in [-0.39, 0.29) is 30.5 Å². The summed E-state index contributed by atoms with van der Waals surface area (Å²) in [4.78, 5) is 23.2. The van der Waals surface area contributed by atoms with Crippen molar-refractivity contribution < 1.29 is 18.6 Å². The van der Waals surface area contributed by atoms with Crippen LogP contribution in [0.15, 0.2) is 114 Å². The lowest BCUT2D eigenvalue weighted by Gasteiger charge is -2.36. The molecular formula is C33H32FN5O4. The van der Waals surface area contributed by atoms with Crippen LogP contribution in [0.25, 0.3) is 11.2 Å². The van der Waals surface area contributed by atoms with Gasteiger partial charge in [-0.1, -0.05) is 97.1 Å². The molecule has 0 bridgehead atoms. The molecule has 0 fully saturated rings. The number of ether oxygens (including phenoxy) is 3. The number of H-pyrrole nitrogens is 1. The van der Waals surface area contributed by atoms with Gasteiger partial charge in [0.05, 0.1) is 19.0 Å². The number of fused-ring (bicyclic) bond motifs is 1. The molecule has 3 aromatic carbocycles. The summed E-state index contributed by atoms with van der Waals surface area (Å²) in [6.45, 7) is 2.20. The zero-order chi connectivity index (χ0) is 29.8. The number of alkyl halides is 1. The first-order valence-electron chi connectivity index (χ1n) is 14.1. The van der Waals surface area contributed by atoms with Crippen LogP contribution in [0.4, 0.5) is 10.3 Å². The minimum atomic E-state index is -1.54. The number of benzene rings is 3. The molecule has 1 unspecified atom stereocenters. The number of nitrogen functional groups attached to an aromatic ring is 1. The summed E-state index contributed by atoms with van der Waals surface area (Å²) < 4.78 is 36.2. The van der Waals surface area contributed by atoms with Gasteiger partial charge in [0.15, 0.2) is 17.3 Å². The number of imidazole rings is 1. The molecular weight excluding hydrogens is 549 g/mol. The molecule has 10 heteroatoms. The topological polar surface area (TPSA) is 117 Å². The van der Waals surface area contributed by atoms with Gasteiger partial charge in [-0.3, -0.25) is 9.78 Å². The van der Waals surface area contributed by atoms with Crippen molar-refractivity contribution >= 4 is 17.1 Å². The van der Waals surface area contributed by atoms with Gasteiger partial charge >= 0.3 is 0 Å². The van der Waals surface area contributed by atoms with Crippen molar-refractivity contribution in [1.29, 1.82) is 0 Å². The molecule has 9 nitrogen and oxygen atoms in total. The average molecular weight is 582 g/mol. The van der Waals surface area contributed by atoms with E-state index < -0.39 is 29.5 Å². The highest BCUT2D eigenvalue weighted by Crippen LogP contribution is 2.42. The summed E-state index contributed by atoms with van der Waals surface area (Å²) in [5.41, 5.74) is 7.91. The summed E-state index contributed by atoms with van der Waals surface area (Å²) in [5.74, 6) is -0.0808. The first-order valence-corrected chi connectivity index (χ1v) is 14.1. The van der Waals surface area contributed by atoms with Crippen molar-refractivity contribution in [3.8, 4) is 0 Å². The van der Waals surface area contributed by atoms with Crippen LogP contribution in [-0.4, -0.2) is 51.8 Å². The Kier molecular flexibility index (Phi) is 8.15. The smallest absolute Gasteiger partial charge is 0.280 e. The van der Waals surface area contributed by atoms with Crippen molar-refractivity contribution in [3.05, 3.63) is 136 Å². The number of hydrogen-bond donors (Lipinski definition) is 2. The maximum atomic E-state index is 16.3. The number of halogens is 1. The average Bonchev–Trinajstić information content (AvgIpc) is 3.60. The van der Waals surface area contributed by atoms with Crippen LogP contribution in [0.3, 0.4) is 0 Å². The summed E-state index contributed by atoms with van der Waals surface area (Å²) in [6.07, 6.45) is 0.630. The van der Waals surface area contributed by atoms with Gasteiger partial charge in [0.2, 0.25) is 5.95 Å². The maximum absolute atomic E-state index is 16.3. The Labute approximate surface area is 247 Å². The fourth-order valence-corrected chi connectivity index (χ4v) is 5.68. The molecule has 0 spiro atoms. The van der Waals surface area contributed by atoms with E-state index in [1.54, 1.807) is 6.08 Å². The Bertz CT molecular complexity index is 1660. The van der Waals surface area contributed by atoms with Gasteiger partial charge in [-0.25, -0.2) is 9.37 Å². The van der Waals surface area contributed by atoms with Gasteiger partial charge in [0, 0.05) is 6.61 Å². The summed E-state index contributed by atoms with van der Waals surface area (Å²) >= 11 is 0. The minimum Gasteiger partial charge on any atom is -0.369 e. The molecule has 5 aromatic rings. The Morgan fingerprint density at radius 2 is 1.53 bits per heavy atom. The Balaban J connectivity index is 1.44. The number of nitrogens with two attached hydrogens (primary N) is 1. The van der Waals surface area contributed by atoms with E-state index in [2.05, 4.69) is 15.0 Å². The van der Waals surface area contributed by atoms with E-state index in [9.17, 15) is 4.79 Å². The van der Waals surface area contributed by atoms with Gasteiger partial charge in [0.1, 0.15) is 18.5 Å². The first kappa shape index (κ1) is 28.5. The molecule has 0 aliphatic heterocycles. The third-order valence-electron chi connectivity index (χ3n) is 7.67. The number of rotatable bonds is 11. The van der Waals surface area contributed by atoms with Crippen molar-refractivity contribution in [3.63, 3.8) is 0 Å². The fourth-order valence-electron chi connectivity index (χ4n) is 5.68. The number of nitrogens with zero attached hydrogens (tertiary/aromatic N) is 3. The van der Waals surface area contributed by atoms with Crippen LogP contribution < -0.4 is 11.3 Å². The van der Waals surface area contributed by atoms with Crippen LogP contribution in [0.2, 0.25) is 0 Å². The first-order chi connectivity index (χ1) is 21.0. The normalized spacial score (nSPS) is 18.7. The summed E-state index contributed by atoms with van der Waals surface area (Å²) in [5, 5.41) is 0. The molecule has 0 saturated carbocycles. The standard InChI is InChI=1S/C33H32FN5O4/c1-2-41-21-42-29-22(18-26(27(29)34)39-20-36-28-30(39)37-32(35)38-31(28)40)19-43-33(23-12-6-3-7-13-23,24-14-8-4-9-15-24)25-16-10-5-11-17-25/h3-18,20,26-27,29H,2,19,21H2,1H3,(H3,35,37,38,40)/t26-,27?,29+/m1/s1. The van der Waals surface area contributed by atoms with Gasteiger partial charge in [-0.2, -0.15) is 4.98 Å². The summed E-state index contributed by atoms with van der Waals surface area (Å²) in [6, 6.07) is 29.0. The van der Waals surface area contributed by atoms with Gasteiger partial charge in [-0.15, -0.1) is 0 Å². The van der Waals surface area contributed by atoms with Crippen LogP contribution in [-0.2, 0) is 19.8 Å². The highest BCUT2D eigenvalue weighted by Gasteiger charge is 2.43. The fraction of sp³-hybridized carbons (Fsp3) is 0.242. The number of aromatic amines is 1. The van der Waals surface area contributed by atoms with Gasteiger partial charge < -0.3 is 24.5 Å². The lowest BCUT2D eigenvalue weighted by molar-refractivity contribution is -0.0991. The van der Waals surface area contributed by atoms with E-state index in [1.807, 2.05) is 97.9 Å². The predicted octanol–water partition coefficient (Wildman–Crippen LogP) is 4.91. The molecule has 0 amide bonds. The molecule has 6 rings (SSSR count). The van der Waals surface area contributed by atoms with Crippen molar-refractivity contribution in [1.82, 2.24) is 19.5 Å². The second kappa shape index (κ2) is 12.3. The second-order valence-electron chi connectivity index (χ2n) is 10.2. The van der Waals surface area contributed by atoms with E-state index in [4.69, 9.17) is 19.9 Å². The van der Waals surface area contributed by atoms with Crippen LogP contribution in [0, 0.1) is 0 Å². The third-order valence-corrected chi connectivity index (χ3v) is 7.67. The van der Waals surface area contributed by atoms with E-state index in [0.29, 0.717) is 12.2 Å². The van der Waals surface area contributed by atoms with Crippen molar-refractivity contribution in [2.24, 2.45) is 0 Å². The molecule has 1 aliphatic carbocycles. The Hall–Kier alpha value is -4.64. The van der Waals surface area contributed by atoms with Gasteiger partial charge in [-0.05, 0) is 29.2 Å². The zero-order valence-corrected chi connectivity index (χ0v) is 23.6. The monoisotopic (exact) mass is 581 g/mol. The lowest BCUT2D eigenvalue weighted by atomic mass is 9.80. The number of anilines is 1. The highest BCUT2D eigenvalue weighted by molar-refractivity contribution is 5.71. The molecule has 3 N–H and O–H groups in total. The number of hydrogen-bond acceptors (Lipinski definition) is 7. The third kappa shape index (κ3) is 5.36. The van der Waals surface area contributed by atoms with Gasteiger partial charge in [0.25, 0.3) is 5.56 Å². The molecule has 3 atom stereocenters. The van der Waals surface area contributed by atoms with Crippen molar-refractivity contribution in [2.75, 3.05) is 25.7 Å². The molecule has 0 saturated heterocycles. The van der Waals surface area contributed by atoms with Crippen LogP contribution >= 0.6 is 0 Å². The summed E-state index contributed by atoms with van der Waals surface area (Å²) in [7, 11) is 0.